The van der Waals surface area contributed by atoms with Gasteiger partial charge in [-0.2, -0.15) is 0 Å². The first kappa shape index (κ1) is 22.4. The van der Waals surface area contributed by atoms with Crippen LogP contribution in [0.15, 0.2) is 48.5 Å². The summed E-state index contributed by atoms with van der Waals surface area (Å²) in [6.45, 7) is 9.64. The zero-order chi connectivity index (χ0) is 21.1. The van der Waals surface area contributed by atoms with Gasteiger partial charge < -0.3 is 19.7 Å². The Morgan fingerprint density at radius 1 is 0.931 bits per heavy atom. The van der Waals surface area contributed by atoms with Crippen LogP contribution in [0.4, 0.5) is 5.69 Å². The molecule has 0 heterocycles. The molecule has 0 aromatic heterocycles. The number of amides is 1. The summed E-state index contributed by atoms with van der Waals surface area (Å²) in [6, 6.07) is 13.8. The minimum atomic E-state index is -0.367. The lowest BCUT2D eigenvalue weighted by molar-refractivity contribution is 0.0466. The number of para-hydroxylation sites is 1. The lowest BCUT2D eigenvalue weighted by Gasteiger charge is -2.17. The predicted octanol–water partition coefficient (Wildman–Crippen LogP) is 4.23. The molecule has 6 heteroatoms. The van der Waals surface area contributed by atoms with E-state index in [4.69, 9.17) is 9.47 Å². The van der Waals surface area contributed by atoms with Crippen molar-refractivity contribution in [3.8, 4) is 5.75 Å². The van der Waals surface area contributed by atoms with E-state index in [1.807, 2.05) is 13.0 Å². The lowest BCUT2D eigenvalue weighted by atomic mass is 10.1. The second kappa shape index (κ2) is 11.9. The van der Waals surface area contributed by atoms with E-state index in [0.717, 1.165) is 19.5 Å². The Kier molecular flexibility index (Phi) is 9.18. The molecule has 0 atom stereocenters. The van der Waals surface area contributed by atoms with Gasteiger partial charge in [0.25, 0.3) is 5.91 Å². The van der Waals surface area contributed by atoms with Gasteiger partial charge in [0.2, 0.25) is 0 Å². The Bertz CT molecular complexity index is 786. The van der Waals surface area contributed by atoms with E-state index in [2.05, 4.69) is 24.1 Å². The molecular weight excluding hydrogens is 368 g/mol. The van der Waals surface area contributed by atoms with Gasteiger partial charge in [0, 0.05) is 12.2 Å². The van der Waals surface area contributed by atoms with E-state index in [9.17, 15) is 9.59 Å². The molecule has 2 rings (SSSR count). The number of esters is 1. The van der Waals surface area contributed by atoms with Gasteiger partial charge in [-0.05, 0) is 55.9 Å². The van der Waals surface area contributed by atoms with Crippen LogP contribution in [0, 0.1) is 0 Å². The molecule has 0 aliphatic rings. The highest BCUT2D eigenvalue weighted by Crippen LogP contribution is 2.20. The number of rotatable bonds is 11. The van der Waals surface area contributed by atoms with Crippen LogP contribution >= 0.6 is 0 Å². The van der Waals surface area contributed by atoms with Crippen LogP contribution in [0.3, 0.4) is 0 Å². The molecule has 0 aliphatic carbocycles. The molecule has 1 amide bonds. The third kappa shape index (κ3) is 6.91. The lowest BCUT2D eigenvalue weighted by Crippen LogP contribution is -2.27. The van der Waals surface area contributed by atoms with Crippen molar-refractivity contribution in [1.29, 1.82) is 0 Å². The molecule has 2 aromatic carbocycles. The van der Waals surface area contributed by atoms with Gasteiger partial charge in [0.05, 0.1) is 17.7 Å². The maximum atomic E-state index is 12.6. The van der Waals surface area contributed by atoms with Gasteiger partial charge in [0.15, 0.2) is 0 Å². The third-order valence-corrected chi connectivity index (χ3v) is 4.51. The summed E-state index contributed by atoms with van der Waals surface area (Å²) in [5.74, 6) is -0.0696. The molecule has 0 fully saturated rings. The predicted molar refractivity (Wildman–Crippen MR) is 115 cm³/mol. The largest absolute Gasteiger partial charge is 0.493 e. The summed E-state index contributed by atoms with van der Waals surface area (Å²) < 4.78 is 11.0. The number of carbonyl (C=O) groups is 2. The Morgan fingerprint density at radius 2 is 1.62 bits per heavy atom. The van der Waals surface area contributed by atoms with Crippen molar-refractivity contribution in [2.75, 3.05) is 38.2 Å². The molecule has 0 spiro atoms. The molecule has 2 aromatic rings. The van der Waals surface area contributed by atoms with Crippen LogP contribution in [-0.4, -0.2) is 49.6 Å². The Morgan fingerprint density at radius 3 is 2.28 bits per heavy atom. The average molecular weight is 399 g/mol. The van der Waals surface area contributed by atoms with E-state index in [-0.39, 0.29) is 11.9 Å². The second-order valence-electron chi connectivity index (χ2n) is 6.54. The number of carbonyl (C=O) groups excluding carboxylic acids is 2. The van der Waals surface area contributed by atoms with E-state index >= 15 is 0 Å². The third-order valence-electron chi connectivity index (χ3n) is 4.51. The summed E-state index contributed by atoms with van der Waals surface area (Å²) >= 11 is 0. The molecule has 0 aliphatic heterocycles. The Hall–Kier alpha value is -2.86. The van der Waals surface area contributed by atoms with Crippen molar-refractivity contribution in [3.05, 3.63) is 59.7 Å². The first-order chi connectivity index (χ1) is 14.1. The number of likely N-dealkylation sites (N-methyl/N-ethyl adjacent to an activating group) is 1. The van der Waals surface area contributed by atoms with Crippen LogP contribution in [0.25, 0.3) is 0 Å². The van der Waals surface area contributed by atoms with Gasteiger partial charge >= 0.3 is 5.97 Å². The summed E-state index contributed by atoms with van der Waals surface area (Å²) in [7, 11) is 0. The molecule has 0 bridgehead atoms. The number of hydrogen-bond donors (Lipinski definition) is 1. The van der Waals surface area contributed by atoms with E-state index in [1.54, 1.807) is 42.5 Å². The summed E-state index contributed by atoms with van der Waals surface area (Å²) in [6.07, 6.45) is 0.864. The Balaban J connectivity index is 1.93. The molecule has 0 radical (unpaired) electrons. The fourth-order valence-corrected chi connectivity index (χ4v) is 2.77. The van der Waals surface area contributed by atoms with Crippen LogP contribution < -0.4 is 10.1 Å². The van der Waals surface area contributed by atoms with Crippen LogP contribution in [-0.2, 0) is 4.74 Å². The molecule has 0 saturated heterocycles. The minimum absolute atomic E-state index is 0.258. The smallest absolute Gasteiger partial charge is 0.338 e. The van der Waals surface area contributed by atoms with E-state index in [0.29, 0.717) is 42.3 Å². The number of nitrogens with one attached hydrogen (secondary N) is 1. The maximum absolute atomic E-state index is 12.6. The average Bonchev–Trinajstić information content (AvgIpc) is 2.75. The number of anilines is 1. The van der Waals surface area contributed by atoms with Crippen LogP contribution in [0.2, 0.25) is 0 Å². The number of ether oxygens (including phenoxy) is 2. The molecule has 6 nitrogen and oxygen atoms in total. The fourth-order valence-electron chi connectivity index (χ4n) is 2.77. The van der Waals surface area contributed by atoms with Crippen molar-refractivity contribution in [2.24, 2.45) is 0 Å². The summed E-state index contributed by atoms with van der Waals surface area (Å²) in [5.41, 5.74) is 1.52. The molecule has 1 N–H and O–H groups in total. The maximum Gasteiger partial charge on any atom is 0.338 e. The molecule has 29 heavy (non-hydrogen) atoms. The van der Waals surface area contributed by atoms with Crippen LogP contribution in [0.1, 0.15) is 47.9 Å². The van der Waals surface area contributed by atoms with Gasteiger partial charge in [-0.3, -0.25) is 4.79 Å². The number of hydrogen-bond acceptors (Lipinski definition) is 5. The minimum Gasteiger partial charge on any atom is -0.493 e. The van der Waals surface area contributed by atoms with Gasteiger partial charge in [-0.15, -0.1) is 0 Å². The van der Waals surface area contributed by atoms with Crippen molar-refractivity contribution in [2.45, 2.75) is 27.2 Å². The topological polar surface area (TPSA) is 67.9 Å². The van der Waals surface area contributed by atoms with Gasteiger partial charge in [0.1, 0.15) is 12.4 Å². The van der Waals surface area contributed by atoms with Gasteiger partial charge in [-0.25, -0.2) is 4.79 Å². The van der Waals surface area contributed by atoms with Crippen molar-refractivity contribution >= 4 is 17.6 Å². The fraction of sp³-hybridized carbons (Fsp3) is 0.391. The molecule has 0 saturated carbocycles. The summed E-state index contributed by atoms with van der Waals surface area (Å²) in [5, 5.41) is 2.84. The number of benzene rings is 2. The molecule has 0 unspecified atom stereocenters. The zero-order valence-corrected chi connectivity index (χ0v) is 17.4. The second-order valence-corrected chi connectivity index (χ2v) is 6.54. The quantitative estimate of drug-likeness (QED) is 0.574. The SMILES string of the molecule is CCCOc1ccccc1C(=O)Nc1ccc(C(=O)OCCN(CC)CC)cc1. The zero-order valence-electron chi connectivity index (χ0n) is 17.4. The van der Waals surface area contributed by atoms with Crippen molar-refractivity contribution in [3.63, 3.8) is 0 Å². The number of nitrogens with zero attached hydrogens (tertiary/aromatic N) is 1. The molecular formula is C23H30N2O4. The standard InChI is InChI=1S/C23H30N2O4/c1-4-16-28-21-10-8-7-9-20(21)22(26)24-19-13-11-18(12-14-19)23(27)29-17-15-25(5-2)6-3/h7-14H,4-6,15-17H2,1-3H3,(H,24,26). The normalized spacial score (nSPS) is 10.6. The summed E-state index contributed by atoms with van der Waals surface area (Å²) in [4.78, 5) is 26.9. The molecule has 156 valence electrons. The van der Waals surface area contributed by atoms with Crippen molar-refractivity contribution in [1.82, 2.24) is 4.90 Å². The Labute approximate surface area is 172 Å². The highest BCUT2D eigenvalue weighted by atomic mass is 16.5. The highest BCUT2D eigenvalue weighted by molar-refractivity contribution is 6.06. The highest BCUT2D eigenvalue weighted by Gasteiger charge is 2.13. The van der Waals surface area contributed by atoms with E-state index < -0.39 is 0 Å². The first-order valence-electron chi connectivity index (χ1n) is 10.1. The van der Waals surface area contributed by atoms with Crippen molar-refractivity contribution < 1.29 is 19.1 Å². The van der Waals surface area contributed by atoms with Crippen LogP contribution in [0.5, 0.6) is 5.75 Å². The van der Waals surface area contributed by atoms with Gasteiger partial charge in [-0.1, -0.05) is 32.9 Å². The van der Waals surface area contributed by atoms with E-state index in [1.165, 1.54) is 0 Å². The monoisotopic (exact) mass is 398 g/mol. The first-order valence-corrected chi connectivity index (χ1v) is 10.1.